The van der Waals surface area contributed by atoms with Gasteiger partial charge in [-0.05, 0) is 56.4 Å². The molecule has 0 radical (unpaired) electrons. The number of aromatic nitrogens is 1. The van der Waals surface area contributed by atoms with Gasteiger partial charge in [0.2, 0.25) is 5.88 Å². The Labute approximate surface area is 170 Å². The maximum absolute atomic E-state index is 12.4. The van der Waals surface area contributed by atoms with E-state index in [0.717, 1.165) is 29.7 Å². The van der Waals surface area contributed by atoms with Gasteiger partial charge in [-0.2, -0.15) is 0 Å². The number of hydrogen-bond acceptors (Lipinski definition) is 5. The van der Waals surface area contributed by atoms with Crippen molar-refractivity contribution in [2.75, 3.05) is 13.2 Å². The Morgan fingerprint density at radius 2 is 2.00 bits per heavy atom. The Bertz CT molecular complexity index is 852. The molecule has 2 aromatic rings. The summed E-state index contributed by atoms with van der Waals surface area (Å²) in [6, 6.07) is 9.09. The van der Waals surface area contributed by atoms with E-state index in [0.29, 0.717) is 31.4 Å². The number of nitrogens with zero attached hydrogens (tertiary/aromatic N) is 1. The highest BCUT2D eigenvalue weighted by Crippen LogP contribution is 2.32. The molecule has 2 amide bonds. The molecule has 0 spiro atoms. The summed E-state index contributed by atoms with van der Waals surface area (Å²) >= 11 is 0. The van der Waals surface area contributed by atoms with Gasteiger partial charge in [0.1, 0.15) is 19.3 Å². The van der Waals surface area contributed by atoms with E-state index in [1.54, 1.807) is 6.20 Å². The summed E-state index contributed by atoms with van der Waals surface area (Å²) in [5, 5.41) is 5.86. The van der Waals surface area contributed by atoms with Crippen LogP contribution in [-0.4, -0.2) is 30.3 Å². The number of amides is 2. The number of pyridine rings is 1. The van der Waals surface area contributed by atoms with Crippen LogP contribution < -0.4 is 24.8 Å². The molecule has 1 saturated carbocycles. The first kappa shape index (κ1) is 19.4. The van der Waals surface area contributed by atoms with Crippen LogP contribution in [0, 0.1) is 0 Å². The number of carbonyl (C=O) groups excluding carboxylic acids is 1. The Morgan fingerprint density at radius 1 is 1.21 bits per heavy atom. The highest BCUT2D eigenvalue weighted by atomic mass is 16.6. The fourth-order valence-corrected chi connectivity index (χ4v) is 3.66. The zero-order chi connectivity index (χ0) is 20.1. The number of carbonyl (C=O) groups is 1. The van der Waals surface area contributed by atoms with E-state index in [-0.39, 0.29) is 18.2 Å². The molecule has 1 aromatic carbocycles. The maximum atomic E-state index is 12.4. The Balaban J connectivity index is 1.32. The maximum Gasteiger partial charge on any atom is 0.315 e. The van der Waals surface area contributed by atoms with Crippen molar-refractivity contribution in [2.24, 2.45) is 0 Å². The first-order valence-electron chi connectivity index (χ1n) is 10.2. The average Bonchev–Trinajstić information content (AvgIpc) is 3.26. The average molecular weight is 397 g/mol. The van der Waals surface area contributed by atoms with Crippen molar-refractivity contribution in [3.63, 3.8) is 0 Å². The minimum Gasteiger partial charge on any atom is -0.486 e. The lowest BCUT2D eigenvalue weighted by Crippen LogP contribution is -2.36. The molecule has 0 saturated heterocycles. The number of fused-ring (bicyclic) bond motifs is 1. The fourth-order valence-electron chi connectivity index (χ4n) is 3.66. The van der Waals surface area contributed by atoms with Gasteiger partial charge in [0.25, 0.3) is 0 Å². The van der Waals surface area contributed by atoms with Crippen LogP contribution in [0.3, 0.4) is 0 Å². The molecular weight excluding hydrogens is 370 g/mol. The molecular formula is C22H27N3O4. The molecule has 1 fully saturated rings. The monoisotopic (exact) mass is 397 g/mol. The fraction of sp³-hybridized carbons (Fsp3) is 0.455. The molecule has 1 aliphatic carbocycles. The van der Waals surface area contributed by atoms with E-state index < -0.39 is 0 Å². The molecule has 2 heterocycles. The molecule has 0 unspecified atom stereocenters. The second-order valence-electron chi connectivity index (χ2n) is 7.44. The third-order valence-electron chi connectivity index (χ3n) is 5.28. The standard InChI is InChI=1S/C22H27N3O4/c1-15(16-8-9-19-20(13-16)28-12-11-27-19)25-22(26)24-14-17-5-4-10-23-21(17)29-18-6-2-3-7-18/h4-5,8-10,13,15,18H,2-3,6-7,11-12,14H2,1H3,(H2,24,25,26)/t15-/m0/s1. The van der Waals surface area contributed by atoms with Crippen molar-refractivity contribution >= 4 is 6.03 Å². The van der Waals surface area contributed by atoms with Gasteiger partial charge >= 0.3 is 6.03 Å². The van der Waals surface area contributed by atoms with E-state index in [1.165, 1.54) is 12.8 Å². The second kappa shape index (κ2) is 9.03. The van der Waals surface area contributed by atoms with Crippen LogP contribution in [0.2, 0.25) is 0 Å². The number of ether oxygens (including phenoxy) is 3. The van der Waals surface area contributed by atoms with Crippen molar-refractivity contribution in [3.8, 4) is 17.4 Å². The van der Waals surface area contributed by atoms with Crippen molar-refractivity contribution in [2.45, 2.75) is 51.3 Å². The molecule has 7 heteroatoms. The van der Waals surface area contributed by atoms with Crippen LogP contribution in [0.25, 0.3) is 0 Å². The van der Waals surface area contributed by atoms with Gasteiger partial charge < -0.3 is 24.8 Å². The van der Waals surface area contributed by atoms with Crippen molar-refractivity contribution < 1.29 is 19.0 Å². The summed E-state index contributed by atoms with van der Waals surface area (Å²) in [5.74, 6) is 2.06. The summed E-state index contributed by atoms with van der Waals surface area (Å²) in [7, 11) is 0. The summed E-state index contributed by atoms with van der Waals surface area (Å²) in [4.78, 5) is 16.8. The zero-order valence-electron chi connectivity index (χ0n) is 16.6. The van der Waals surface area contributed by atoms with E-state index >= 15 is 0 Å². The normalized spacial score (nSPS) is 16.9. The topological polar surface area (TPSA) is 81.7 Å². The predicted octanol–water partition coefficient (Wildman–Crippen LogP) is 3.73. The molecule has 1 aromatic heterocycles. The second-order valence-corrected chi connectivity index (χ2v) is 7.44. The molecule has 2 N–H and O–H groups in total. The van der Waals surface area contributed by atoms with Gasteiger partial charge in [-0.3, -0.25) is 0 Å². The molecule has 1 aliphatic heterocycles. The Hall–Kier alpha value is -2.96. The summed E-state index contributed by atoms with van der Waals surface area (Å²) < 4.78 is 17.2. The predicted molar refractivity (Wildman–Crippen MR) is 108 cm³/mol. The highest BCUT2D eigenvalue weighted by molar-refractivity contribution is 5.74. The van der Waals surface area contributed by atoms with E-state index in [9.17, 15) is 4.79 Å². The number of rotatable bonds is 6. The molecule has 7 nitrogen and oxygen atoms in total. The summed E-state index contributed by atoms with van der Waals surface area (Å²) in [6.45, 7) is 3.39. The molecule has 4 rings (SSSR count). The smallest absolute Gasteiger partial charge is 0.315 e. The Morgan fingerprint density at radius 3 is 2.83 bits per heavy atom. The minimum absolute atomic E-state index is 0.172. The summed E-state index contributed by atoms with van der Waals surface area (Å²) in [5.41, 5.74) is 1.83. The van der Waals surface area contributed by atoms with Crippen LogP contribution in [0.1, 0.15) is 49.8 Å². The molecule has 0 bridgehead atoms. The first-order chi connectivity index (χ1) is 14.2. The van der Waals surface area contributed by atoms with E-state index in [1.807, 2.05) is 37.3 Å². The SMILES string of the molecule is C[C@H](NC(=O)NCc1cccnc1OC1CCCC1)c1ccc2c(c1)OCCO2. The Kier molecular flexibility index (Phi) is 6.03. The van der Waals surface area contributed by atoms with Gasteiger partial charge in [0.15, 0.2) is 11.5 Å². The van der Waals surface area contributed by atoms with Gasteiger partial charge in [0, 0.05) is 18.3 Å². The molecule has 1 atom stereocenters. The lowest BCUT2D eigenvalue weighted by molar-refractivity contribution is 0.171. The van der Waals surface area contributed by atoms with Crippen molar-refractivity contribution in [3.05, 3.63) is 47.7 Å². The lowest BCUT2D eigenvalue weighted by atomic mass is 10.1. The van der Waals surface area contributed by atoms with Gasteiger partial charge in [-0.1, -0.05) is 12.1 Å². The molecule has 154 valence electrons. The van der Waals surface area contributed by atoms with E-state index in [2.05, 4.69) is 15.6 Å². The minimum atomic E-state index is -0.247. The highest BCUT2D eigenvalue weighted by Gasteiger charge is 2.19. The van der Waals surface area contributed by atoms with Crippen LogP contribution in [-0.2, 0) is 6.54 Å². The van der Waals surface area contributed by atoms with E-state index in [4.69, 9.17) is 14.2 Å². The number of urea groups is 1. The third-order valence-corrected chi connectivity index (χ3v) is 5.28. The quantitative estimate of drug-likeness (QED) is 0.776. The van der Waals surface area contributed by atoms with Crippen LogP contribution >= 0.6 is 0 Å². The number of benzene rings is 1. The molecule has 29 heavy (non-hydrogen) atoms. The van der Waals surface area contributed by atoms with Crippen molar-refractivity contribution in [1.29, 1.82) is 0 Å². The van der Waals surface area contributed by atoms with Gasteiger partial charge in [0.05, 0.1) is 6.04 Å². The van der Waals surface area contributed by atoms with Crippen LogP contribution in [0.4, 0.5) is 4.79 Å². The van der Waals surface area contributed by atoms with Gasteiger partial charge in [-0.25, -0.2) is 9.78 Å². The zero-order valence-corrected chi connectivity index (χ0v) is 16.6. The van der Waals surface area contributed by atoms with Gasteiger partial charge in [-0.15, -0.1) is 0 Å². The van der Waals surface area contributed by atoms with Crippen LogP contribution in [0.15, 0.2) is 36.5 Å². The number of hydrogen-bond donors (Lipinski definition) is 2. The first-order valence-corrected chi connectivity index (χ1v) is 10.2. The number of nitrogens with one attached hydrogen (secondary N) is 2. The molecule has 2 aliphatic rings. The van der Waals surface area contributed by atoms with Crippen LogP contribution in [0.5, 0.6) is 17.4 Å². The summed E-state index contributed by atoms with van der Waals surface area (Å²) in [6.07, 6.45) is 6.48. The third kappa shape index (κ3) is 4.91. The van der Waals surface area contributed by atoms with Crippen molar-refractivity contribution in [1.82, 2.24) is 15.6 Å². The largest absolute Gasteiger partial charge is 0.486 e. The lowest BCUT2D eigenvalue weighted by Gasteiger charge is -2.21.